The fourth-order valence-corrected chi connectivity index (χ4v) is 11.6. The van der Waals surface area contributed by atoms with Crippen molar-refractivity contribution < 1.29 is 0 Å². The number of anilines is 6. The average Bonchev–Trinajstić information content (AvgIpc) is 3.31. The zero-order chi connectivity index (χ0) is 46.3. The van der Waals surface area contributed by atoms with E-state index in [1.165, 1.54) is 76.8 Å². The van der Waals surface area contributed by atoms with Gasteiger partial charge in [-0.2, -0.15) is 0 Å². The molecule has 9 aromatic carbocycles. The summed E-state index contributed by atoms with van der Waals surface area (Å²) in [6.45, 7) is 23.3. The van der Waals surface area contributed by atoms with E-state index in [0.29, 0.717) is 0 Å². The van der Waals surface area contributed by atoms with E-state index in [0.717, 1.165) is 34.1 Å². The minimum atomic E-state index is -1.53. The molecule has 0 fully saturated rings. The molecule has 328 valence electrons. The summed E-state index contributed by atoms with van der Waals surface area (Å²) in [6, 6.07) is 73.1. The summed E-state index contributed by atoms with van der Waals surface area (Å²) in [5.74, 6) is 0. The number of benzene rings is 9. The third kappa shape index (κ3) is 8.84. The van der Waals surface area contributed by atoms with Gasteiger partial charge in [0, 0.05) is 33.8 Å². The first-order valence-electron chi connectivity index (χ1n) is 23.4. The molecule has 0 spiro atoms. The van der Waals surface area contributed by atoms with Crippen molar-refractivity contribution in [2.45, 2.75) is 67.0 Å². The van der Waals surface area contributed by atoms with Gasteiger partial charge in [0.2, 0.25) is 0 Å². The molecular formula is C62H62N2Si2. The highest BCUT2D eigenvalue weighted by atomic mass is 28.3. The van der Waals surface area contributed by atoms with Gasteiger partial charge < -0.3 is 9.80 Å². The smallest absolute Gasteiger partial charge is 0.0775 e. The van der Waals surface area contributed by atoms with Crippen molar-refractivity contribution in [3.05, 3.63) is 216 Å². The second-order valence-corrected chi connectivity index (χ2v) is 30.3. The van der Waals surface area contributed by atoms with Gasteiger partial charge in [-0.05, 0) is 155 Å². The van der Waals surface area contributed by atoms with Crippen LogP contribution in [0, 0.1) is 27.7 Å². The summed E-state index contributed by atoms with van der Waals surface area (Å²) < 4.78 is 0. The van der Waals surface area contributed by atoms with Crippen LogP contribution in [-0.4, -0.2) is 16.1 Å². The highest BCUT2D eigenvalue weighted by molar-refractivity contribution is 6.89. The lowest BCUT2D eigenvalue weighted by Gasteiger charge is -2.31. The number of fused-ring (bicyclic) bond motifs is 1. The lowest BCUT2D eigenvalue weighted by atomic mass is 9.84. The molecule has 0 saturated heterocycles. The molecule has 9 rings (SSSR count). The van der Waals surface area contributed by atoms with Crippen LogP contribution in [0.5, 0.6) is 0 Å². The minimum absolute atomic E-state index is 1.12. The second-order valence-electron chi connectivity index (χ2n) is 20.1. The van der Waals surface area contributed by atoms with Crippen molar-refractivity contribution in [1.29, 1.82) is 0 Å². The highest BCUT2D eigenvalue weighted by Gasteiger charge is 2.26. The fourth-order valence-electron chi connectivity index (χ4n) is 9.25. The molecule has 0 bridgehead atoms. The Morgan fingerprint density at radius 1 is 0.303 bits per heavy atom. The van der Waals surface area contributed by atoms with E-state index in [4.69, 9.17) is 0 Å². The molecule has 0 heterocycles. The predicted molar refractivity (Wildman–Crippen MR) is 295 cm³/mol. The number of rotatable bonds is 11. The van der Waals surface area contributed by atoms with Gasteiger partial charge in [-0.3, -0.25) is 0 Å². The van der Waals surface area contributed by atoms with Crippen molar-refractivity contribution in [1.82, 2.24) is 0 Å². The Labute approximate surface area is 395 Å². The van der Waals surface area contributed by atoms with Crippen LogP contribution in [-0.2, 0) is 0 Å². The molecule has 66 heavy (non-hydrogen) atoms. The summed E-state index contributed by atoms with van der Waals surface area (Å²) in [6.07, 6.45) is 0. The normalized spacial score (nSPS) is 11.8. The quantitative estimate of drug-likeness (QED) is 0.119. The average molecular weight is 891 g/mol. The molecule has 0 saturated carbocycles. The van der Waals surface area contributed by atoms with E-state index in [2.05, 4.69) is 271 Å². The van der Waals surface area contributed by atoms with Crippen molar-refractivity contribution in [3.63, 3.8) is 0 Å². The molecule has 0 aliphatic carbocycles. The van der Waals surface area contributed by atoms with Gasteiger partial charge in [0.1, 0.15) is 0 Å². The maximum atomic E-state index is 2.48. The molecule has 0 N–H and O–H groups in total. The molecule has 0 aliphatic rings. The highest BCUT2D eigenvalue weighted by Crippen LogP contribution is 2.50. The Morgan fingerprint density at radius 2 is 0.712 bits per heavy atom. The standard InChI is InChI=1S/C62H62N2Si2/c1-43-25-27-51(39-45(43)3)63(49-29-34-54(35-30-49)65(5,6)7)53-33-38-58(59(41-53)47-19-13-11-14-20-47)62-57-24-18-17-23-56(57)61(42-60(62)48-21-15-12-16-22-48)64(52-28-26-44(2)46(4)40-52)50-31-36-55(37-32-50)66(8,9)10/h11-42H,1-10H3. The van der Waals surface area contributed by atoms with E-state index >= 15 is 0 Å². The zero-order valence-corrected chi connectivity index (χ0v) is 42.4. The minimum Gasteiger partial charge on any atom is -0.310 e. The van der Waals surface area contributed by atoms with Crippen LogP contribution >= 0.6 is 0 Å². The lowest BCUT2D eigenvalue weighted by Crippen LogP contribution is -2.37. The molecule has 9 aromatic rings. The zero-order valence-electron chi connectivity index (χ0n) is 40.4. The van der Waals surface area contributed by atoms with Crippen LogP contribution in [0.3, 0.4) is 0 Å². The second kappa shape index (κ2) is 17.9. The van der Waals surface area contributed by atoms with Gasteiger partial charge in [-0.15, -0.1) is 0 Å². The summed E-state index contributed by atoms with van der Waals surface area (Å²) >= 11 is 0. The predicted octanol–water partition coefficient (Wildman–Crippen LogP) is 17.1. The first kappa shape index (κ1) is 44.5. The van der Waals surface area contributed by atoms with Gasteiger partial charge in [0.05, 0.1) is 21.8 Å². The van der Waals surface area contributed by atoms with Crippen LogP contribution in [0.25, 0.3) is 44.2 Å². The molecule has 0 aromatic heterocycles. The number of aryl methyl sites for hydroxylation is 4. The van der Waals surface area contributed by atoms with Crippen LogP contribution in [0.4, 0.5) is 34.1 Å². The Kier molecular flexibility index (Phi) is 12.1. The van der Waals surface area contributed by atoms with Gasteiger partial charge in [-0.25, -0.2) is 0 Å². The third-order valence-corrected chi connectivity index (χ3v) is 17.6. The summed E-state index contributed by atoms with van der Waals surface area (Å²) in [4.78, 5) is 4.92. The molecule has 0 atom stereocenters. The van der Waals surface area contributed by atoms with Crippen LogP contribution in [0.15, 0.2) is 194 Å². The third-order valence-electron chi connectivity index (χ3n) is 13.4. The van der Waals surface area contributed by atoms with Gasteiger partial charge >= 0.3 is 0 Å². The van der Waals surface area contributed by atoms with E-state index in [1.54, 1.807) is 0 Å². The Hall–Kier alpha value is -6.73. The largest absolute Gasteiger partial charge is 0.310 e. The van der Waals surface area contributed by atoms with E-state index in [1.807, 2.05) is 0 Å². The van der Waals surface area contributed by atoms with Crippen molar-refractivity contribution in [3.8, 4) is 33.4 Å². The molecular weight excluding hydrogens is 829 g/mol. The monoisotopic (exact) mass is 890 g/mol. The van der Waals surface area contributed by atoms with Gasteiger partial charge in [-0.1, -0.05) is 177 Å². The Balaban J connectivity index is 1.33. The summed E-state index contributed by atoms with van der Waals surface area (Å²) in [5.41, 5.74) is 19.1. The van der Waals surface area contributed by atoms with Crippen molar-refractivity contribution in [2.75, 3.05) is 9.80 Å². The van der Waals surface area contributed by atoms with Crippen molar-refractivity contribution in [2.24, 2.45) is 0 Å². The number of hydrogen-bond acceptors (Lipinski definition) is 2. The lowest BCUT2D eigenvalue weighted by molar-refractivity contribution is 1.25. The van der Waals surface area contributed by atoms with Crippen LogP contribution in [0.1, 0.15) is 22.3 Å². The Morgan fingerprint density at radius 3 is 1.21 bits per heavy atom. The first-order valence-corrected chi connectivity index (χ1v) is 30.4. The molecule has 4 heteroatoms. The molecule has 0 aliphatic heterocycles. The number of hydrogen-bond donors (Lipinski definition) is 0. The van der Waals surface area contributed by atoms with Crippen LogP contribution in [0.2, 0.25) is 39.3 Å². The molecule has 0 radical (unpaired) electrons. The SMILES string of the molecule is Cc1ccc(N(c2ccc([Si](C)(C)C)cc2)c2ccc(-c3c(-c4ccccc4)cc(N(c4ccc([Si](C)(C)C)cc4)c4ccc(C)c(C)c4)c4ccccc34)c(-c3ccccc3)c2)cc1C. The van der Waals surface area contributed by atoms with Crippen LogP contribution < -0.4 is 20.2 Å². The maximum absolute atomic E-state index is 2.48. The Bertz CT molecular complexity index is 3180. The van der Waals surface area contributed by atoms with Crippen molar-refractivity contribution >= 4 is 71.4 Å². The van der Waals surface area contributed by atoms with E-state index < -0.39 is 16.1 Å². The fraction of sp³-hybridized carbons (Fsp3) is 0.161. The summed E-state index contributed by atoms with van der Waals surface area (Å²) in [7, 11) is -3.03. The van der Waals surface area contributed by atoms with E-state index in [-0.39, 0.29) is 0 Å². The molecule has 0 amide bonds. The van der Waals surface area contributed by atoms with E-state index in [9.17, 15) is 0 Å². The van der Waals surface area contributed by atoms with Gasteiger partial charge in [0.15, 0.2) is 0 Å². The summed E-state index contributed by atoms with van der Waals surface area (Å²) in [5, 5.41) is 5.31. The maximum Gasteiger partial charge on any atom is 0.0775 e. The topological polar surface area (TPSA) is 6.48 Å². The van der Waals surface area contributed by atoms with Gasteiger partial charge in [0.25, 0.3) is 0 Å². The molecule has 2 nitrogen and oxygen atoms in total. The number of nitrogens with zero attached hydrogens (tertiary/aromatic N) is 2. The molecule has 0 unspecified atom stereocenters. The first-order chi connectivity index (χ1) is 31.7.